The first-order valence-electron chi connectivity index (χ1n) is 9.18. The van der Waals surface area contributed by atoms with Crippen molar-refractivity contribution in [2.75, 3.05) is 19.8 Å². The largest absolute Gasteiger partial charge is 0.489 e. The van der Waals surface area contributed by atoms with E-state index in [9.17, 15) is 14.9 Å². The fourth-order valence-corrected chi connectivity index (χ4v) is 3.52. The van der Waals surface area contributed by atoms with Crippen molar-refractivity contribution in [3.05, 3.63) is 28.8 Å². The molecular weight excluding hydrogens is 384 g/mol. The zero-order valence-corrected chi connectivity index (χ0v) is 16.1. The molecule has 0 saturated heterocycles. The van der Waals surface area contributed by atoms with Gasteiger partial charge >= 0.3 is 5.97 Å². The van der Waals surface area contributed by atoms with Crippen LogP contribution in [-0.4, -0.2) is 37.2 Å². The number of ether oxygens (including phenoxy) is 3. The van der Waals surface area contributed by atoms with E-state index in [1.807, 2.05) is 0 Å². The van der Waals surface area contributed by atoms with Gasteiger partial charge in [0.1, 0.15) is 5.54 Å². The van der Waals surface area contributed by atoms with Crippen LogP contribution in [0, 0.1) is 11.3 Å². The summed E-state index contributed by atoms with van der Waals surface area (Å²) in [5, 5.41) is 12.3. The van der Waals surface area contributed by atoms with Crippen LogP contribution in [0.5, 0.6) is 11.5 Å². The summed E-state index contributed by atoms with van der Waals surface area (Å²) < 4.78 is 16.1. The maximum absolute atomic E-state index is 12.0. The molecule has 1 saturated carbocycles. The molecule has 0 unspecified atom stereocenters. The van der Waals surface area contributed by atoms with Gasteiger partial charge in [0.15, 0.2) is 18.1 Å². The number of hydrogen-bond donors (Lipinski definition) is 1. The summed E-state index contributed by atoms with van der Waals surface area (Å²) in [4.78, 5) is 23.9. The number of halogens is 1. The summed E-state index contributed by atoms with van der Waals surface area (Å²) in [6.45, 7) is 0.621. The van der Waals surface area contributed by atoms with E-state index in [4.69, 9.17) is 25.8 Å². The molecule has 1 heterocycles. The maximum atomic E-state index is 12.0. The standard InChI is InChI=1S/C20H21ClN2O5/c21-15-10-14(11-16-19(15)27-9-3-8-26-16)4-5-18(25)28-12-17(24)23-20(13-22)6-1-2-7-20/h4-5,10-11H,1-3,6-9,12H2,(H,23,24)/b5-4+. The first kappa shape index (κ1) is 20.0. The molecule has 0 spiro atoms. The number of fused-ring (bicyclic) bond motifs is 1. The highest BCUT2D eigenvalue weighted by molar-refractivity contribution is 6.32. The average Bonchev–Trinajstić information content (AvgIpc) is 3.01. The van der Waals surface area contributed by atoms with E-state index in [1.54, 1.807) is 12.1 Å². The quantitative estimate of drug-likeness (QED) is 0.598. The Morgan fingerprint density at radius 1 is 1.25 bits per heavy atom. The van der Waals surface area contributed by atoms with Crippen LogP contribution in [-0.2, 0) is 14.3 Å². The van der Waals surface area contributed by atoms with Crippen LogP contribution in [0.1, 0.15) is 37.7 Å². The molecule has 1 N–H and O–H groups in total. The first-order chi connectivity index (χ1) is 13.5. The number of hydrogen-bond acceptors (Lipinski definition) is 6. The summed E-state index contributed by atoms with van der Waals surface area (Å²) >= 11 is 6.21. The van der Waals surface area contributed by atoms with Crippen molar-refractivity contribution >= 4 is 29.6 Å². The van der Waals surface area contributed by atoms with Gasteiger partial charge in [-0.3, -0.25) is 4.79 Å². The lowest BCUT2D eigenvalue weighted by Gasteiger charge is -2.21. The van der Waals surface area contributed by atoms with Crippen LogP contribution < -0.4 is 14.8 Å². The third-order valence-corrected chi connectivity index (χ3v) is 4.91. The summed E-state index contributed by atoms with van der Waals surface area (Å²) in [7, 11) is 0. The number of benzene rings is 1. The van der Waals surface area contributed by atoms with Gasteiger partial charge in [0.2, 0.25) is 0 Å². The Hall–Kier alpha value is -2.72. The zero-order valence-electron chi connectivity index (χ0n) is 15.3. The maximum Gasteiger partial charge on any atom is 0.331 e. The summed E-state index contributed by atoms with van der Waals surface area (Å²) in [5.74, 6) is -0.135. The minimum Gasteiger partial charge on any atom is -0.489 e. The molecule has 0 atom stereocenters. The number of carbonyl (C=O) groups is 2. The van der Waals surface area contributed by atoms with Gasteiger partial charge in [-0.1, -0.05) is 11.6 Å². The summed E-state index contributed by atoms with van der Waals surface area (Å²) in [6.07, 6.45) is 6.52. The van der Waals surface area contributed by atoms with Crippen LogP contribution >= 0.6 is 11.6 Å². The predicted octanol–water partition coefficient (Wildman–Crippen LogP) is 3.01. The van der Waals surface area contributed by atoms with Gasteiger partial charge in [0, 0.05) is 12.5 Å². The zero-order chi connectivity index (χ0) is 20.0. The lowest BCUT2D eigenvalue weighted by molar-refractivity contribution is -0.144. The molecule has 1 aromatic rings. The Morgan fingerprint density at radius 3 is 2.75 bits per heavy atom. The van der Waals surface area contributed by atoms with Gasteiger partial charge in [0.25, 0.3) is 5.91 Å². The number of nitriles is 1. The van der Waals surface area contributed by atoms with E-state index < -0.39 is 24.0 Å². The average molecular weight is 405 g/mol. The van der Waals surface area contributed by atoms with Gasteiger partial charge in [-0.25, -0.2) is 4.79 Å². The second kappa shape index (κ2) is 8.98. The van der Waals surface area contributed by atoms with Crippen LogP contribution in [0.4, 0.5) is 0 Å². The predicted molar refractivity (Wildman–Crippen MR) is 102 cm³/mol. The highest BCUT2D eigenvalue weighted by Gasteiger charge is 2.35. The van der Waals surface area contributed by atoms with Gasteiger partial charge in [-0.05, 0) is 49.5 Å². The Morgan fingerprint density at radius 2 is 2.00 bits per heavy atom. The van der Waals surface area contributed by atoms with Crippen molar-refractivity contribution in [1.82, 2.24) is 5.32 Å². The van der Waals surface area contributed by atoms with E-state index >= 15 is 0 Å². The SMILES string of the molecule is N#CC1(NC(=O)COC(=O)/C=C/c2cc(Cl)c3c(c2)OCCCO3)CCCC1. The van der Waals surface area contributed by atoms with Crippen LogP contribution in [0.15, 0.2) is 18.2 Å². The minimum atomic E-state index is -0.833. The molecule has 1 aromatic carbocycles. The Labute approximate surface area is 168 Å². The number of carbonyl (C=O) groups excluding carboxylic acids is 2. The fraction of sp³-hybridized carbons (Fsp3) is 0.450. The second-order valence-corrected chi connectivity index (χ2v) is 7.18. The summed E-state index contributed by atoms with van der Waals surface area (Å²) in [6, 6.07) is 5.53. The lowest BCUT2D eigenvalue weighted by Crippen LogP contribution is -2.46. The van der Waals surface area contributed by atoms with Gasteiger partial charge < -0.3 is 19.5 Å². The lowest BCUT2D eigenvalue weighted by atomic mass is 10.00. The van der Waals surface area contributed by atoms with Gasteiger partial charge in [-0.15, -0.1) is 0 Å². The van der Waals surface area contributed by atoms with E-state index in [1.165, 1.54) is 12.2 Å². The first-order valence-corrected chi connectivity index (χ1v) is 9.55. The van der Waals surface area contributed by atoms with Crippen molar-refractivity contribution in [3.8, 4) is 17.6 Å². The number of nitrogens with zero attached hydrogens (tertiary/aromatic N) is 1. The molecule has 3 rings (SSSR count). The Kier molecular flexibility index (Phi) is 6.42. The molecule has 28 heavy (non-hydrogen) atoms. The molecule has 7 nitrogen and oxygen atoms in total. The number of rotatable bonds is 5. The molecule has 8 heteroatoms. The van der Waals surface area contributed by atoms with Crippen molar-refractivity contribution in [3.63, 3.8) is 0 Å². The van der Waals surface area contributed by atoms with Crippen molar-refractivity contribution in [1.29, 1.82) is 5.26 Å². The molecule has 1 amide bonds. The molecular formula is C20H21ClN2O5. The molecule has 2 aliphatic rings. The highest BCUT2D eigenvalue weighted by Crippen LogP contribution is 2.38. The summed E-state index contributed by atoms with van der Waals surface area (Å²) in [5.41, 5.74) is -0.190. The number of esters is 1. The molecule has 1 aliphatic heterocycles. The van der Waals surface area contributed by atoms with Crippen LogP contribution in [0.3, 0.4) is 0 Å². The van der Waals surface area contributed by atoms with Crippen molar-refractivity contribution in [2.24, 2.45) is 0 Å². The normalized spacial score (nSPS) is 17.6. The highest BCUT2D eigenvalue weighted by atomic mass is 35.5. The topological polar surface area (TPSA) is 97.7 Å². The molecule has 1 fully saturated rings. The molecule has 148 valence electrons. The third-order valence-electron chi connectivity index (χ3n) is 4.63. The van der Waals surface area contributed by atoms with E-state index in [-0.39, 0.29) is 0 Å². The van der Waals surface area contributed by atoms with Crippen LogP contribution in [0.25, 0.3) is 6.08 Å². The number of amides is 1. The second-order valence-electron chi connectivity index (χ2n) is 6.77. The van der Waals surface area contributed by atoms with Crippen molar-refractivity contribution < 1.29 is 23.8 Å². The minimum absolute atomic E-state index is 0.394. The van der Waals surface area contributed by atoms with Gasteiger partial charge in [0.05, 0.1) is 24.3 Å². The Bertz CT molecular complexity index is 825. The fourth-order valence-electron chi connectivity index (χ4n) is 3.24. The number of nitrogens with one attached hydrogen (secondary N) is 1. The monoisotopic (exact) mass is 404 g/mol. The van der Waals surface area contributed by atoms with E-state index in [0.29, 0.717) is 48.1 Å². The van der Waals surface area contributed by atoms with E-state index in [0.717, 1.165) is 19.3 Å². The van der Waals surface area contributed by atoms with Gasteiger partial charge in [-0.2, -0.15) is 5.26 Å². The molecule has 0 radical (unpaired) electrons. The Balaban J connectivity index is 1.54. The van der Waals surface area contributed by atoms with Crippen LogP contribution in [0.2, 0.25) is 5.02 Å². The third kappa shape index (κ3) is 4.96. The van der Waals surface area contributed by atoms with E-state index in [2.05, 4.69) is 11.4 Å². The molecule has 0 aromatic heterocycles. The van der Waals surface area contributed by atoms with Crippen molar-refractivity contribution in [2.45, 2.75) is 37.6 Å². The molecule has 0 bridgehead atoms. The smallest absolute Gasteiger partial charge is 0.331 e. The molecule has 1 aliphatic carbocycles.